The Hall–Kier alpha value is -2.66. The molecule has 2 aliphatic rings. The summed E-state index contributed by atoms with van der Waals surface area (Å²) in [5, 5.41) is 4.84. The van der Waals surface area contributed by atoms with Gasteiger partial charge in [0.25, 0.3) is 5.91 Å². The van der Waals surface area contributed by atoms with E-state index in [1.165, 1.54) is 11.3 Å². The van der Waals surface area contributed by atoms with E-state index in [4.69, 9.17) is 4.74 Å². The van der Waals surface area contributed by atoms with E-state index >= 15 is 0 Å². The largest absolute Gasteiger partial charge is 0.483 e. The first kappa shape index (κ1) is 18.1. The fourth-order valence-corrected chi connectivity index (χ4v) is 3.51. The Labute approximate surface area is 157 Å². The monoisotopic (exact) mass is 367 g/mol. The lowest BCUT2D eigenvalue weighted by molar-refractivity contribution is -0.111. The molecule has 0 atom stereocenters. The number of benzene rings is 1. The van der Waals surface area contributed by atoms with Crippen molar-refractivity contribution in [3.05, 3.63) is 69.1 Å². The maximum absolute atomic E-state index is 12.1. The van der Waals surface area contributed by atoms with Crippen LogP contribution >= 0.6 is 11.3 Å². The second-order valence-corrected chi connectivity index (χ2v) is 7.87. The number of nitrogens with one attached hydrogen (secondary N) is 1. The molecule has 0 fully saturated rings. The molecule has 1 amide bonds. The third kappa shape index (κ3) is 3.78. The third-order valence-corrected chi connectivity index (χ3v) is 5.02. The number of anilines is 1. The van der Waals surface area contributed by atoms with Gasteiger partial charge in [-0.1, -0.05) is 12.1 Å². The maximum Gasteiger partial charge on any atom is 0.260 e. The Morgan fingerprint density at radius 3 is 2.46 bits per heavy atom. The highest BCUT2D eigenvalue weighted by atomic mass is 32.1. The molecule has 1 N–H and O–H groups in total. The van der Waals surface area contributed by atoms with Crippen LogP contribution in [0.5, 0.6) is 0 Å². The van der Waals surface area contributed by atoms with Crippen LogP contribution in [0.2, 0.25) is 0 Å². The number of hydrogen-bond acceptors (Lipinski definition) is 4. The zero-order valence-corrected chi connectivity index (χ0v) is 16.1. The topological polar surface area (TPSA) is 55.4 Å². The highest BCUT2D eigenvalue weighted by Crippen LogP contribution is 2.38. The van der Waals surface area contributed by atoms with Gasteiger partial charge in [0.1, 0.15) is 11.4 Å². The second-order valence-electron chi connectivity index (χ2n) is 6.93. The van der Waals surface area contributed by atoms with E-state index in [9.17, 15) is 9.59 Å². The summed E-state index contributed by atoms with van der Waals surface area (Å²) in [6.45, 7) is 7.93. The van der Waals surface area contributed by atoms with Gasteiger partial charge in [-0.05, 0) is 68.5 Å². The van der Waals surface area contributed by atoms with E-state index in [-0.39, 0.29) is 11.5 Å². The Morgan fingerprint density at radius 1 is 1.15 bits per heavy atom. The minimum atomic E-state index is -0.337. The summed E-state index contributed by atoms with van der Waals surface area (Å²) in [5.74, 6) is 0.563. The predicted molar refractivity (Wildman–Crippen MR) is 105 cm³/mol. The molecule has 134 valence electrons. The molecule has 4 nitrogen and oxygen atoms in total. The van der Waals surface area contributed by atoms with Crippen molar-refractivity contribution in [2.24, 2.45) is 0 Å². The quantitative estimate of drug-likeness (QED) is 0.576. The number of carbonyl (C=O) groups is 2. The Kier molecular flexibility index (Phi) is 4.83. The molecular weight excluding hydrogens is 346 g/mol. The SMILES string of the molecule is Cc1ccc2c(c1)NC(=O)/C2=C1\C=CC(C)(C)O1.Cc1csc(C=O)c1. The summed E-state index contributed by atoms with van der Waals surface area (Å²) >= 11 is 1.48. The molecule has 0 unspecified atom stereocenters. The molecule has 0 spiro atoms. The van der Waals surface area contributed by atoms with Crippen molar-refractivity contribution in [2.45, 2.75) is 33.3 Å². The molecule has 0 saturated carbocycles. The van der Waals surface area contributed by atoms with Gasteiger partial charge in [-0.2, -0.15) is 0 Å². The van der Waals surface area contributed by atoms with Crippen molar-refractivity contribution < 1.29 is 14.3 Å². The summed E-state index contributed by atoms with van der Waals surface area (Å²) in [7, 11) is 0. The Balaban J connectivity index is 0.000000206. The van der Waals surface area contributed by atoms with Gasteiger partial charge in [0, 0.05) is 11.3 Å². The maximum atomic E-state index is 12.1. The van der Waals surface area contributed by atoms with Gasteiger partial charge in [0.2, 0.25) is 0 Å². The van der Waals surface area contributed by atoms with Crippen LogP contribution in [0.1, 0.15) is 40.2 Å². The third-order valence-electron chi connectivity index (χ3n) is 4.04. The summed E-state index contributed by atoms with van der Waals surface area (Å²) in [4.78, 5) is 22.9. The van der Waals surface area contributed by atoms with Gasteiger partial charge in [-0.15, -0.1) is 11.3 Å². The van der Waals surface area contributed by atoms with E-state index in [1.54, 1.807) is 0 Å². The summed E-state index contributed by atoms with van der Waals surface area (Å²) in [5.41, 5.74) is 4.37. The number of carbonyl (C=O) groups excluding carboxylic acids is 2. The van der Waals surface area contributed by atoms with E-state index in [0.717, 1.165) is 33.5 Å². The molecule has 0 bridgehead atoms. The van der Waals surface area contributed by atoms with Crippen molar-refractivity contribution >= 4 is 34.8 Å². The minimum absolute atomic E-state index is 0.0899. The van der Waals surface area contributed by atoms with Gasteiger partial charge in [0.15, 0.2) is 6.29 Å². The summed E-state index contributed by atoms with van der Waals surface area (Å²) in [6.07, 6.45) is 4.72. The van der Waals surface area contributed by atoms with Crippen LogP contribution in [0.3, 0.4) is 0 Å². The molecule has 2 aliphatic heterocycles. The lowest BCUT2D eigenvalue weighted by atomic mass is 10.0. The number of aldehydes is 1. The predicted octanol–water partition coefficient (Wildman–Crippen LogP) is 4.89. The Bertz CT molecular complexity index is 934. The number of allylic oxidation sites excluding steroid dienone is 1. The highest BCUT2D eigenvalue weighted by Gasteiger charge is 2.32. The zero-order chi connectivity index (χ0) is 18.9. The molecule has 26 heavy (non-hydrogen) atoms. The second kappa shape index (κ2) is 6.92. The molecule has 3 heterocycles. The molecule has 0 radical (unpaired) electrons. The first-order valence-corrected chi connectivity index (χ1v) is 9.22. The van der Waals surface area contributed by atoms with Crippen LogP contribution < -0.4 is 5.32 Å². The number of fused-ring (bicyclic) bond motifs is 1. The summed E-state index contributed by atoms with van der Waals surface area (Å²) in [6, 6.07) is 7.82. The van der Waals surface area contributed by atoms with Crippen LogP contribution in [-0.2, 0) is 9.53 Å². The lowest BCUT2D eigenvalue weighted by Crippen LogP contribution is -2.16. The number of aryl methyl sites for hydroxylation is 2. The minimum Gasteiger partial charge on any atom is -0.483 e. The van der Waals surface area contributed by atoms with Crippen LogP contribution in [-0.4, -0.2) is 17.8 Å². The highest BCUT2D eigenvalue weighted by molar-refractivity contribution is 7.11. The van der Waals surface area contributed by atoms with Gasteiger partial charge >= 0.3 is 0 Å². The average Bonchev–Trinajstić information content (AvgIpc) is 3.23. The van der Waals surface area contributed by atoms with E-state index in [0.29, 0.717) is 11.3 Å². The normalized spacial score (nSPS) is 19.3. The van der Waals surface area contributed by atoms with Crippen LogP contribution in [0.4, 0.5) is 5.69 Å². The van der Waals surface area contributed by atoms with Crippen molar-refractivity contribution in [3.8, 4) is 0 Å². The molecule has 2 aromatic rings. The molecule has 4 rings (SSSR count). The molecular formula is C21H21NO3S. The van der Waals surface area contributed by atoms with Gasteiger partial charge in [-0.3, -0.25) is 9.59 Å². The first-order chi connectivity index (χ1) is 12.3. The number of rotatable bonds is 1. The summed E-state index contributed by atoms with van der Waals surface area (Å²) < 4.78 is 5.80. The standard InChI is InChI=1S/C15H15NO2.C6H6OS/c1-9-4-5-10-11(8-9)16-14(17)13(10)12-6-7-15(2,3)18-12;1-5-2-6(3-7)8-4-5/h4-8H,1-3H3,(H,16,17);2-4H,1H3/b13-12+;. The Morgan fingerprint density at radius 2 is 1.92 bits per heavy atom. The van der Waals surface area contributed by atoms with E-state index < -0.39 is 0 Å². The van der Waals surface area contributed by atoms with Crippen LogP contribution in [0.15, 0.2) is 47.6 Å². The van der Waals surface area contributed by atoms with Crippen LogP contribution in [0.25, 0.3) is 5.57 Å². The van der Waals surface area contributed by atoms with Gasteiger partial charge < -0.3 is 10.1 Å². The van der Waals surface area contributed by atoms with Gasteiger partial charge in [-0.25, -0.2) is 0 Å². The van der Waals surface area contributed by atoms with Crippen molar-refractivity contribution in [2.75, 3.05) is 5.32 Å². The number of amides is 1. The first-order valence-electron chi connectivity index (χ1n) is 8.34. The number of ether oxygens (including phenoxy) is 1. The smallest absolute Gasteiger partial charge is 0.260 e. The molecule has 1 aromatic carbocycles. The van der Waals surface area contributed by atoms with Crippen molar-refractivity contribution in [3.63, 3.8) is 0 Å². The van der Waals surface area contributed by atoms with Crippen molar-refractivity contribution in [1.82, 2.24) is 0 Å². The molecule has 1 aromatic heterocycles. The zero-order valence-electron chi connectivity index (χ0n) is 15.3. The van der Waals surface area contributed by atoms with E-state index in [1.807, 2.05) is 69.5 Å². The fourth-order valence-electron chi connectivity index (χ4n) is 2.81. The molecule has 0 aliphatic carbocycles. The van der Waals surface area contributed by atoms with Crippen molar-refractivity contribution in [1.29, 1.82) is 0 Å². The molecule has 5 heteroatoms. The number of hydrogen-bond donors (Lipinski definition) is 1. The van der Waals surface area contributed by atoms with Crippen LogP contribution in [0, 0.1) is 13.8 Å². The lowest BCUT2D eigenvalue weighted by Gasteiger charge is -2.17. The fraction of sp³-hybridized carbons (Fsp3) is 0.238. The van der Waals surface area contributed by atoms with E-state index in [2.05, 4.69) is 5.32 Å². The average molecular weight is 367 g/mol. The van der Waals surface area contributed by atoms with Gasteiger partial charge in [0.05, 0.1) is 10.5 Å². The number of thiophene rings is 1. The molecule has 0 saturated heterocycles.